The minimum absolute atomic E-state index is 0.0113. The van der Waals surface area contributed by atoms with Crippen LogP contribution in [-0.4, -0.2) is 28.8 Å². The van der Waals surface area contributed by atoms with Gasteiger partial charge in [-0.2, -0.15) is 0 Å². The highest BCUT2D eigenvalue weighted by Crippen LogP contribution is 2.23. The van der Waals surface area contributed by atoms with Crippen molar-refractivity contribution in [3.8, 4) is 0 Å². The van der Waals surface area contributed by atoms with E-state index in [1.54, 1.807) is 16.2 Å². The van der Waals surface area contributed by atoms with Crippen LogP contribution in [0.25, 0.3) is 0 Å². The molecule has 1 aliphatic rings. The molecule has 0 aliphatic carbocycles. The molecule has 2 heterocycles. The molecule has 0 aromatic carbocycles. The van der Waals surface area contributed by atoms with Gasteiger partial charge >= 0.3 is 0 Å². The van der Waals surface area contributed by atoms with Crippen LogP contribution < -0.4 is 5.32 Å². The summed E-state index contributed by atoms with van der Waals surface area (Å²) in [5.41, 5.74) is 0. The molecule has 2 amide bonds. The van der Waals surface area contributed by atoms with Gasteiger partial charge in [0.25, 0.3) is 0 Å². The minimum atomic E-state index is -0.351. The number of hydrogen-bond donors (Lipinski definition) is 1. The van der Waals surface area contributed by atoms with E-state index in [0.29, 0.717) is 19.4 Å². The van der Waals surface area contributed by atoms with Crippen molar-refractivity contribution < 1.29 is 9.59 Å². The Morgan fingerprint density at radius 1 is 1.19 bits per heavy atom. The number of carbonyl (C=O) groups is 2. The van der Waals surface area contributed by atoms with E-state index in [1.165, 1.54) is 4.88 Å². The second kappa shape index (κ2) is 7.07. The summed E-state index contributed by atoms with van der Waals surface area (Å²) in [5, 5.41) is 2.87. The molecule has 1 aliphatic heterocycles. The zero-order valence-electron chi connectivity index (χ0n) is 13.0. The predicted octanol–water partition coefficient (Wildman–Crippen LogP) is 2.72. The lowest BCUT2D eigenvalue weighted by Gasteiger charge is -2.38. The normalized spacial score (nSPS) is 22.5. The molecule has 0 bridgehead atoms. The third-order valence-corrected chi connectivity index (χ3v) is 5.15. The Morgan fingerprint density at radius 2 is 1.90 bits per heavy atom. The fraction of sp³-hybridized carbons (Fsp3) is 0.625. The van der Waals surface area contributed by atoms with E-state index in [4.69, 9.17) is 0 Å². The van der Waals surface area contributed by atoms with Gasteiger partial charge in [-0.3, -0.25) is 9.59 Å². The number of nitrogens with one attached hydrogen (secondary N) is 1. The van der Waals surface area contributed by atoms with Crippen LogP contribution in [0.4, 0.5) is 0 Å². The monoisotopic (exact) mass is 308 g/mol. The molecule has 1 aromatic rings. The van der Waals surface area contributed by atoms with Crippen molar-refractivity contribution in [2.45, 2.75) is 65.1 Å². The molecule has 0 saturated carbocycles. The molecular formula is C16H24N2O2S. The topological polar surface area (TPSA) is 49.4 Å². The van der Waals surface area contributed by atoms with Gasteiger partial charge in [0.1, 0.15) is 12.1 Å². The first-order valence-corrected chi connectivity index (χ1v) is 8.60. The van der Waals surface area contributed by atoms with Crippen LogP contribution in [0.1, 0.15) is 49.8 Å². The van der Waals surface area contributed by atoms with Gasteiger partial charge in [0, 0.05) is 9.75 Å². The number of rotatable bonds is 6. The number of carbonyl (C=O) groups excluding carboxylic acids is 2. The Balaban J connectivity index is 2.18. The number of amides is 2. The van der Waals surface area contributed by atoms with Crippen molar-refractivity contribution in [1.29, 1.82) is 0 Å². The van der Waals surface area contributed by atoms with Crippen molar-refractivity contribution in [2.24, 2.45) is 0 Å². The van der Waals surface area contributed by atoms with Crippen LogP contribution in [0.5, 0.6) is 0 Å². The summed E-state index contributed by atoms with van der Waals surface area (Å²) in [6.07, 6.45) is 3.26. The first kappa shape index (κ1) is 16.0. The number of aryl methyl sites for hydroxylation is 1. The summed E-state index contributed by atoms with van der Waals surface area (Å²) in [6, 6.07) is 3.50. The van der Waals surface area contributed by atoms with E-state index in [0.717, 1.165) is 17.7 Å². The largest absolute Gasteiger partial charge is 0.343 e. The second-order valence-corrected chi connectivity index (χ2v) is 6.71. The standard InChI is InChI=1S/C16H24N2O2S/c1-4-7-13-16(20)18(14(6-3)15(19)17-13)10-12-9-8-11(5-2)21-12/h8-9,13-14H,4-7,10H2,1-3H3,(H,17,19). The lowest BCUT2D eigenvalue weighted by atomic mass is 10.0. The Bertz CT molecular complexity index is 512. The predicted molar refractivity (Wildman–Crippen MR) is 85.2 cm³/mol. The fourth-order valence-corrected chi connectivity index (χ4v) is 3.73. The van der Waals surface area contributed by atoms with Crippen LogP contribution in [0.15, 0.2) is 12.1 Å². The highest BCUT2D eigenvalue weighted by Gasteiger charge is 2.39. The second-order valence-electron chi connectivity index (χ2n) is 5.46. The summed E-state index contributed by atoms with van der Waals surface area (Å²) in [4.78, 5) is 29.1. The molecule has 1 aromatic heterocycles. The molecule has 2 unspecified atom stereocenters. The summed E-state index contributed by atoms with van der Waals surface area (Å²) < 4.78 is 0. The van der Waals surface area contributed by atoms with Crippen molar-refractivity contribution in [2.75, 3.05) is 0 Å². The first-order valence-electron chi connectivity index (χ1n) is 7.79. The number of thiophene rings is 1. The Labute approximate surface area is 130 Å². The fourth-order valence-electron chi connectivity index (χ4n) is 2.77. The molecule has 0 spiro atoms. The van der Waals surface area contributed by atoms with Gasteiger partial charge in [-0.15, -0.1) is 11.3 Å². The van der Waals surface area contributed by atoms with Gasteiger partial charge < -0.3 is 10.2 Å². The number of nitrogens with zero attached hydrogens (tertiary/aromatic N) is 1. The van der Waals surface area contributed by atoms with Crippen molar-refractivity contribution in [1.82, 2.24) is 10.2 Å². The van der Waals surface area contributed by atoms with Crippen LogP contribution >= 0.6 is 11.3 Å². The highest BCUT2D eigenvalue weighted by molar-refractivity contribution is 7.11. The minimum Gasteiger partial charge on any atom is -0.343 e. The Hall–Kier alpha value is -1.36. The maximum atomic E-state index is 12.6. The summed E-state index contributed by atoms with van der Waals surface area (Å²) in [5.74, 6) is 0.0533. The van der Waals surface area contributed by atoms with E-state index in [-0.39, 0.29) is 23.9 Å². The maximum Gasteiger partial charge on any atom is 0.246 e. The SMILES string of the molecule is CCCC1NC(=O)C(CC)N(Cc2ccc(CC)s2)C1=O. The number of hydrogen-bond acceptors (Lipinski definition) is 3. The summed E-state index contributed by atoms with van der Waals surface area (Å²) in [6.45, 7) is 6.66. The van der Waals surface area contributed by atoms with E-state index in [9.17, 15) is 9.59 Å². The van der Waals surface area contributed by atoms with Gasteiger partial charge in [0.15, 0.2) is 0 Å². The smallest absolute Gasteiger partial charge is 0.246 e. The average molecular weight is 308 g/mol. The Morgan fingerprint density at radius 3 is 2.48 bits per heavy atom. The van der Waals surface area contributed by atoms with Crippen LogP contribution in [-0.2, 0) is 22.6 Å². The lowest BCUT2D eigenvalue weighted by molar-refractivity contribution is -0.150. The van der Waals surface area contributed by atoms with E-state index >= 15 is 0 Å². The zero-order valence-corrected chi connectivity index (χ0v) is 13.8. The van der Waals surface area contributed by atoms with Crippen molar-refractivity contribution in [3.05, 3.63) is 21.9 Å². The van der Waals surface area contributed by atoms with Gasteiger partial charge in [-0.05, 0) is 31.4 Å². The van der Waals surface area contributed by atoms with Gasteiger partial charge in [-0.25, -0.2) is 0 Å². The molecule has 2 atom stereocenters. The van der Waals surface area contributed by atoms with Gasteiger partial charge in [-0.1, -0.05) is 27.2 Å². The summed E-state index contributed by atoms with van der Waals surface area (Å²) >= 11 is 1.73. The molecule has 4 nitrogen and oxygen atoms in total. The van der Waals surface area contributed by atoms with E-state index < -0.39 is 0 Å². The molecule has 1 N–H and O–H groups in total. The van der Waals surface area contributed by atoms with Crippen molar-refractivity contribution in [3.63, 3.8) is 0 Å². The first-order chi connectivity index (χ1) is 10.1. The highest BCUT2D eigenvalue weighted by atomic mass is 32.1. The van der Waals surface area contributed by atoms with Gasteiger partial charge in [0.05, 0.1) is 6.54 Å². The zero-order chi connectivity index (χ0) is 15.4. The van der Waals surface area contributed by atoms with Crippen LogP contribution in [0, 0.1) is 0 Å². The van der Waals surface area contributed by atoms with E-state index in [2.05, 4.69) is 24.4 Å². The van der Waals surface area contributed by atoms with Gasteiger partial charge in [0.2, 0.25) is 11.8 Å². The number of piperazine rings is 1. The lowest BCUT2D eigenvalue weighted by Crippen LogP contribution is -2.62. The molecule has 5 heteroatoms. The molecule has 1 fully saturated rings. The summed E-state index contributed by atoms with van der Waals surface area (Å²) in [7, 11) is 0. The molecule has 1 saturated heterocycles. The molecule has 0 radical (unpaired) electrons. The van der Waals surface area contributed by atoms with Crippen LogP contribution in [0.3, 0.4) is 0 Å². The van der Waals surface area contributed by atoms with Crippen LogP contribution in [0.2, 0.25) is 0 Å². The molecule has 21 heavy (non-hydrogen) atoms. The van der Waals surface area contributed by atoms with E-state index in [1.807, 2.05) is 13.8 Å². The molecular weight excluding hydrogens is 284 g/mol. The Kier molecular flexibility index (Phi) is 5.39. The molecule has 116 valence electrons. The third kappa shape index (κ3) is 3.46. The van der Waals surface area contributed by atoms with Crippen molar-refractivity contribution >= 4 is 23.2 Å². The quantitative estimate of drug-likeness (QED) is 0.878. The average Bonchev–Trinajstić information content (AvgIpc) is 2.92. The molecule has 2 rings (SSSR count). The third-order valence-electron chi connectivity index (χ3n) is 3.93. The maximum absolute atomic E-state index is 12.6.